The lowest BCUT2D eigenvalue weighted by Gasteiger charge is -2.09. The SMILES string of the molecule is Fc1cc(CNCCNCc2ccc(-c3ncccn3)c(F)c2)ccc1-c1ncccn1. The van der Waals surface area contributed by atoms with Gasteiger partial charge in [-0.05, 0) is 47.5 Å². The van der Waals surface area contributed by atoms with Crippen molar-refractivity contribution < 1.29 is 8.78 Å². The number of hydrogen-bond donors (Lipinski definition) is 2. The summed E-state index contributed by atoms with van der Waals surface area (Å²) in [4.78, 5) is 16.3. The van der Waals surface area contributed by atoms with Crippen molar-refractivity contribution in [2.45, 2.75) is 13.1 Å². The summed E-state index contributed by atoms with van der Waals surface area (Å²) in [6.45, 7) is 2.44. The Balaban J connectivity index is 1.21. The van der Waals surface area contributed by atoms with E-state index in [4.69, 9.17) is 0 Å². The summed E-state index contributed by atoms with van der Waals surface area (Å²) in [6, 6.07) is 13.5. The van der Waals surface area contributed by atoms with Crippen LogP contribution in [0.1, 0.15) is 11.1 Å². The van der Waals surface area contributed by atoms with Crippen molar-refractivity contribution in [2.75, 3.05) is 13.1 Å². The molecule has 4 rings (SSSR count). The summed E-state index contributed by atoms with van der Waals surface area (Å²) in [5.41, 5.74) is 2.44. The third-order valence-corrected chi connectivity index (χ3v) is 4.82. The molecule has 0 aliphatic heterocycles. The molecule has 0 bridgehead atoms. The lowest BCUT2D eigenvalue weighted by atomic mass is 10.1. The number of aromatic nitrogens is 4. The smallest absolute Gasteiger partial charge is 0.162 e. The molecule has 2 aromatic carbocycles. The monoisotopic (exact) mass is 432 g/mol. The first kappa shape index (κ1) is 21.6. The molecule has 32 heavy (non-hydrogen) atoms. The topological polar surface area (TPSA) is 75.6 Å². The molecule has 0 aliphatic carbocycles. The third kappa shape index (κ3) is 5.54. The fourth-order valence-electron chi connectivity index (χ4n) is 3.22. The first-order valence-electron chi connectivity index (χ1n) is 10.2. The van der Waals surface area contributed by atoms with Gasteiger partial charge in [-0.3, -0.25) is 0 Å². The van der Waals surface area contributed by atoms with Crippen LogP contribution in [0, 0.1) is 11.6 Å². The molecule has 0 amide bonds. The van der Waals surface area contributed by atoms with Crippen LogP contribution in [0.3, 0.4) is 0 Å². The van der Waals surface area contributed by atoms with Crippen molar-refractivity contribution in [2.24, 2.45) is 0 Å². The summed E-state index contributed by atoms with van der Waals surface area (Å²) in [5.74, 6) is 0.0453. The molecule has 0 fully saturated rings. The maximum Gasteiger partial charge on any atom is 0.162 e. The maximum absolute atomic E-state index is 14.4. The second kappa shape index (κ2) is 10.6. The number of hydrogen-bond acceptors (Lipinski definition) is 6. The molecule has 0 atom stereocenters. The molecule has 0 radical (unpaired) electrons. The van der Waals surface area contributed by atoms with E-state index >= 15 is 0 Å². The molecule has 8 heteroatoms. The first-order chi connectivity index (χ1) is 15.7. The first-order valence-corrected chi connectivity index (χ1v) is 10.2. The molecule has 0 aliphatic rings. The van der Waals surface area contributed by atoms with Crippen molar-refractivity contribution in [3.05, 3.63) is 96.1 Å². The van der Waals surface area contributed by atoms with Crippen LogP contribution in [0.5, 0.6) is 0 Å². The van der Waals surface area contributed by atoms with Crippen molar-refractivity contribution in [3.63, 3.8) is 0 Å². The number of nitrogens with one attached hydrogen (secondary N) is 2. The van der Waals surface area contributed by atoms with Gasteiger partial charge in [0.05, 0.1) is 11.1 Å². The van der Waals surface area contributed by atoms with Gasteiger partial charge in [0.1, 0.15) is 11.6 Å². The highest BCUT2D eigenvalue weighted by molar-refractivity contribution is 5.56. The summed E-state index contributed by atoms with van der Waals surface area (Å²) < 4.78 is 28.7. The third-order valence-electron chi connectivity index (χ3n) is 4.82. The lowest BCUT2D eigenvalue weighted by molar-refractivity contribution is 0.597. The van der Waals surface area contributed by atoms with Gasteiger partial charge in [-0.1, -0.05) is 12.1 Å². The van der Waals surface area contributed by atoms with Gasteiger partial charge in [0, 0.05) is 51.0 Å². The molecule has 6 nitrogen and oxygen atoms in total. The minimum Gasteiger partial charge on any atom is -0.311 e. The molecule has 0 saturated carbocycles. The van der Waals surface area contributed by atoms with Gasteiger partial charge in [0.25, 0.3) is 0 Å². The molecule has 2 N–H and O–H groups in total. The zero-order valence-electron chi connectivity index (χ0n) is 17.3. The fraction of sp³-hybridized carbons (Fsp3) is 0.167. The standard InChI is InChI=1S/C24H22F2N6/c25-21-13-17(3-5-19(21)23-29-7-1-8-30-23)15-27-11-12-28-16-18-4-6-20(22(26)14-18)24-31-9-2-10-32-24/h1-10,13-14,27-28H,11-12,15-16H2. The Kier molecular flexibility index (Phi) is 7.16. The fourth-order valence-corrected chi connectivity index (χ4v) is 3.22. The summed E-state index contributed by atoms with van der Waals surface area (Å²) >= 11 is 0. The van der Waals surface area contributed by atoms with E-state index in [1.807, 2.05) is 12.1 Å². The van der Waals surface area contributed by atoms with E-state index in [-0.39, 0.29) is 11.6 Å². The second-order valence-electron chi connectivity index (χ2n) is 7.13. The van der Waals surface area contributed by atoms with Crippen LogP contribution in [-0.4, -0.2) is 33.0 Å². The number of halogens is 2. The summed E-state index contributed by atoms with van der Waals surface area (Å²) in [5, 5.41) is 6.53. The van der Waals surface area contributed by atoms with Gasteiger partial charge < -0.3 is 10.6 Å². The predicted octanol–water partition coefficient (Wildman–Crippen LogP) is 3.76. The van der Waals surface area contributed by atoms with Crippen LogP contribution >= 0.6 is 0 Å². The van der Waals surface area contributed by atoms with Gasteiger partial charge in [-0.25, -0.2) is 28.7 Å². The summed E-state index contributed by atoms with van der Waals surface area (Å²) in [7, 11) is 0. The Labute approximate surface area is 184 Å². The van der Waals surface area contributed by atoms with Gasteiger partial charge in [0.15, 0.2) is 11.6 Å². The molecular formula is C24H22F2N6. The van der Waals surface area contributed by atoms with Gasteiger partial charge in [-0.2, -0.15) is 0 Å². The quantitative estimate of drug-likeness (QED) is 0.392. The van der Waals surface area contributed by atoms with E-state index < -0.39 is 0 Å². The molecule has 4 aromatic rings. The van der Waals surface area contributed by atoms with Crippen molar-refractivity contribution >= 4 is 0 Å². The van der Waals surface area contributed by atoms with Crippen LogP contribution in [0.25, 0.3) is 22.8 Å². The Morgan fingerprint density at radius 3 is 1.38 bits per heavy atom. The minimum atomic E-state index is -0.347. The van der Waals surface area contributed by atoms with Crippen molar-refractivity contribution in [1.29, 1.82) is 0 Å². The number of benzene rings is 2. The van der Waals surface area contributed by atoms with Crippen molar-refractivity contribution in [1.82, 2.24) is 30.6 Å². The molecule has 0 spiro atoms. The van der Waals surface area contributed by atoms with Crippen molar-refractivity contribution in [3.8, 4) is 22.8 Å². The van der Waals surface area contributed by atoms with E-state index in [1.54, 1.807) is 49.1 Å². The molecule has 0 saturated heterocycles. The molecule has 2 aromatic heterocycles. The Morgan fingerprint density at radius 1 is 0.594 bits per heavy atom. The van der Waals surface area contributed by atoms with Crippen LogP contribution in [0.2, 0.25) is 0 Å². The average Bonchev–Trinajstić information content (AvgIpc) is 2.82. The van der Waals surface area contributed by atoms with E-state index in [2.05, 4.69) is 30.6 Å². The highest BCUT2D eigenvalue weighted by Gasteiger charge is 2.09. The number of rotatable bonds is 9. The predicted molar refractivity (Wildman–Crippen MR) is 118 cm³/mol. The lowest BCUT2D eigenvalue weighted by Crippen LogP contribution is -2.26. The molecule has 2 heterocycles. The molecular weight excluding hydrogens is 410 g/mol. The van der Waals surface area contributed by atoms with Gasteiger partial charge >= 0.3 is 0 Å². The largest absolute Gasteiger partial charge is 0.311 e. The van der Waals surface area contributed by atoms with E-state index in [9.17, 15) is 8.78 Å². The van der Waals surface area contributed by atoms with Crippen LogP contribution in [0.15, 0.2) is 73.3 Å². The average molecular weight is 432 g/mol. The Hall–Kier alpha value is -3.62. The van der Waals surface area contributed by atoms with E-state index in [0.29, 0.717) is 49.0 Å². The van der Waals surface area contributed by atoms with E-state index in [0.717, 1.165) is 11.1 Å². The zero-order chi connectivity index (χ0) is 22.2. The van der Waals surface area contributed by atoms with Crippen LogP contribution in [0.4, 0.5) is 8.78 Å². The van der Waals surface area contributed by atoms with Gasteiger partial charge in [-0.15, -0.1) is 0 Å². The molecule has 162 valence electrons. The maximum atomic E-state index is 14.4. The Morgan fingerprint density at radius 2 is 1.00 bits per heavy atom. The summed E-state index contributed by atoms with van der Waals surface area (Å²) in [6.07, 6.45) is 6.35. The normalized spacial score (nSPS) is 10.9. The highest BCUT2D eigenvalue weighted by Crippen LogP contribution is 2.20. The number of nitrogens with zero attached hydrogens (tertiary/aromatic N) is 4. The minimum absolute atomic E-state index is 0.347. The zero-order valence-corrected chi connectivity index (χ0v) is 17.3. The second-order valence-corrected chi connectivity index (χ2v) is 7.13. The molecule has 0 unspecified atom stereocenters. The van der Waals surface area contributed by atoms with Crippen LogP contribution < -0.4 is 10.6 Å². The Bertz CT molecular complexity index is 1060. The van der Waals surface area contributed by atoms with E-state index in [1.165, 1.54) is 12.1 Å². The van der Waals surface area contributed by atoms with Crippen LogP contribution in [-0.2, 0) is 13.1 Å². The van der Waals surface area contributed by atoms with Gasteiger partial charge in [0.2, 0.25) is 0 Å². The highest BCUT2D eigenvalue weighted by atomic mass is 19.1.